The van der Waals surface area contributed by atoms with E-state index in [1.54, 1.807) is 19.2 Å². The molecular formula is C13H15N3O3. The van der Waals surface area contributed by atoms with Gasteiger partial charge in [0.25, 0.3) is 5.91 Å². The lowest BCUT2D eigenvalue weighted by molar-refractivity contribution is -0.142. The maximum Gasteiger partial charge on any atom is 0.306 e. The third kappa shape index (κ3) is 2.62. The second kappa shape index (κ2) is 5.17. The lowest BCUT2D eigenvalue weighted by atomic mass is 10.0. The second-order valence-electron chi connectivity index (χ2n) is 4.42. The highest BCUT2D eigenvalue weighted by molar-refractivity contribution is 6.15. The summed E-state index contributed by atoms with van der Waals surface area (Å²) in [4.78, 5) is 27.7. The van der Waals surface area contributed by atoms with Crippen LogP contribution in [0.4, 0.5) is 5.82 Å². The van der Waals surface area contributed by atoms with E-state index in [1.165, 1.54) is 12.1 Å². The van der Waals surface area contributed by atoms with Crippen LogP contribution in [0.3, 0.4) is 0 Å². The summed E-state index contributed by atoms with van der Waals surface area (Å²) in [7, 11) is 1.30. The van der Waals surface area contributed by atoms with Crippen LogP contribution in [0.1, 0.15) is 18.9 Å². The van der Waals surface area contributed by atoms with Crippen molar-refractivity contribution in [3.8, 4) is 0 Å². The first-order chi connectivity index (χ1) is 9.02. The summed E-state index contributed by atoms with van der Waals surface area (Å²) in [5.41, 5.74) is 1.58. The van der Waals surface area contributed by atoms with Crippen molar-refractivity contribution in [3.63, 3.8) is 0 Å². The first-order valence-corrected chi connectivity index (χ1v) is 5.91. The number of esters is 1. The molecule has 0 bridgehead atoms. The number of pyridine rings is 1. The molecule has 2 heterocycles. The van der Waals surface area contributed by atoms with Crippen molar-refractivity contribution in [2.24, 2.45) is 11.0 Å². The quantitative estimate of drug-likeness (QED) is 0.769. The third-order valence-corrected chi connectivity index (χ3v) is 2.99. The van der Waals surface area contributed by atoms with Crippen molar-refractivity contribution >= 4 is 23.4 Å². The molecule has 0 radical (unpaired) electrons. The Hall–Kier alpha value is -2.24. The van der Waals surface area contributed by atoms with Gasteiger partial charge >= 0.3 is 5.97 Å². The van der Waals surface area contributed by atoms with Gasteiger partial charge in [-0.25, -0.2) is 4.98 Å². The van der Waals surface area contributed by atoms with Crippen LogP contribution >= 0.6 is 0 Å². The molecule has 100 valence electrons. The van der Waals surface area contributed by atoms with Crippen molar-refractivity contribution < 1.29 is 14.3 Å². The molecule has 0 aliphatic carbocycles. The number of aryl methyl sites for hydroxylation is 1. The molecule has 2 rings (SSSR count). The van der Waals surface area contributed by atoms with E-state index in [1.807, 2.05) is 13.0 Å². The van der Waals surface area contributed by atoms with Crippen molar-refractivity contribution in [2.45, 2.75) is 20.3 Å². The number of carbonyl (C=O) groups is 2. The van der Waals surface area contributed by atoms with Gasteiger partial charge in [0.15, 0.2) is 5.82 Å². The van der Waals surface area contributed by atoms with E-state index < -0.39 is 11.9 Å². The highest BCUT2D eigenvalue weighted by atomic mass is 16.5. The van der Waals surface area contributed by atoms with Gasteiger partial charge in [0, 0.05) is 11.9 Å². The van der Waals surface area contributed by atoms with Crippen LogP contribution in [0.15, 0.2) is 23.4 Å². The van der Waals surface area contributed by atoms with Crippen LogP contribution in [-0.4, -0.2) is 29.7 Å². The van der Waals surface area contributed by atoms with E-state index in [4.69, 9.17) is 0 Å². The van der Waals surface area contributed by atoms with Crippen molar-refractivity contribution in [1.29, 1.82) is 0 Å². The van der Waals surface area contributed by atoms with Gasteiger partial charge in [-0.05, 0) is 31.5 Å². The van der Waals surface area contributed by atoms with E-state index in [0.29, 0.717) is 11.5 Å². The van der Waals surface area contributed by atoms with Gasteiger partial charge < -0.3 is 4.74 Å². The van der Waals surface area contributed by atoms with Crippen molar-refractivity contribution in [1.82, 2.24) is 4.98 Å². The highest BCUT2D eigenvalue weighted by Gasteiger charge is 2.36. The molecule has 0 fully saturated rings. The third-order valence-electron chi connectivity index (χ3n) is 2.99. The predicted octanol–water partition coefficient (Wildman–Crippen LogP) is 1.29. The summed E-state index contributed by atoms with van der Waals surface area (Å²) < 4.78 is 4.59. The van der Waals surface area contributed by atoms with Crippen LogP contribution in [0.5, 0.6) is 0 Å². The molecule has 1 aliphatic rings. The maximum atomic E-state index is 12.2. The molecule has 1 unspecified atom stereocenters. The van der Waals surface area contributed by atoms with Gasteiger partial charge in [-0.1, -0.05) is 0 Å². The molecule has 19 heavy (non-hydrogen) atoms. The zero-order valence-corrected chi connectivity index (χ0v) is 11.1. The normalized spacial score (nSPS) is 18.5. The lowest BCUT2D eigenvalue weighted by Gasteiger charge is -2.13. The predicted molar refractivity (Wildman–Crippen MR) is 69.7 cm³/mol. The molecule has 6 nitrogen and oxygen atoms in total. The highest BCUT2D eigenvalue weighted by Crippen LogP contribution is 2.24. The fraction of sp³-hybridized carbons (Fsp3) is 0.385. The summed E-state index contributed by atoms with van der Waals surface area (Å²) in [6, 6.07) is 3.61. The Balaban J connectivity index is 2.23. The molecule has 0 N–H and O–H groups in total. The fourth-order valence-corrected chi connectivity index (χ4v) is 1.89. The number of methoxy groups -OCH3 is 1. The molecule has 0 spiro atoms. The van der Waals surface area contributed by atoms with Crippen molar-refractivity contribution in [2.75, 3.05) is 12.1 Å². The summed E-state index contributed by atoms with van der Waals surface area (Å²) in [5, 5.41) is 5.43. The first kappa shape index (κ1) is 13.2. The molecule has 0 aromatic carbocycles. The number of hydrazone groups is 1. The number of carbonyl (C=O) groups excluding carboxylic acids is 2. The number of nitrogens with zero attached hydrogens (tertiary/aromatic N) is 3. The Morgan fingerprint density at radius 3 is 2.84 bits per heavy atom. The molecular weight excluding hydrogens is 246 g/mol. The Morgan fingerprint density at radius 2 is 2.21 bits per heavy atom. The minimum atomic E-state index is -0.560. The second-order valence-corrected chi connectivity index (χ2v) is 4.42. The monoisotopic (exact) mass is 261 g/mol. The number of anilines is 1. The zero-order chi connectivity index (χ0) is 14.0. The summed E-state index contributed by atoms with van der Waals surface area (Å²) in [5.74, 6) is -0.764. The number of hydrogen-bond acceptors (Lipinski definition) is 5. The average molecular weight is 261 g/mol. The minimum Gasteiger partial charge on any atom is -0.469 e. The summed E-state index contributed by atoms with van der Waals surface area (Å²) in [6.45, 7) is 3.63. The molecule has 0 saturated carbocycles. The largest absolute Gasteiger partial charge is 0.469 e. The lowest BCUT2D eigenvalue weighted by Crippen LogP contribution is -2.29. The molecule has 0 saturated heterocycles. The van der Waals surface area contributed by atoms with Gasteiger partial charge in [0.05, 0.1) is 19.4 Å². The summed E-state index contributed by atoms with van der Waals surface area (Å²) >= 11 is 0. The molecule has 6 heteroatoms. The standard InChI is InChI=1S/C13H15N3O3/c1-8-4-5-14-11(6-8)16-13(18)10(9(2)15-16)7-12(17)19-3/h4-6,10H,7H2,1-3H3. The van der Waals surface area contributed by atoms with Gasteiger partial charge in [0.1, 0.15) is 0 Å². The number of ether oxygens (including phenoxy) is 1. The molecule has 1 aromatic heterocycles. The van der Waals surface area contributed by atoms with Crippen LogP contribution in [-0.2, 0) is 14.3 Å². The number of rotatable bonds is 3. The van der Waals surface area contributed by atoms with Crippen LogP contribution < -0.4 is 5.01 Å². The summed E-state index contributed by atoms with van der Waals surface area (Å²) in [6.07, 6.45) is 1.63. The Labute approximate surface area is 111 Å². The smallest absolute Gasteiger partial charge is 0.306 e. The van der Waals surface area contributed by atoms with Crippen molar-refractivity contribution in [3.05, 3.63) is 23.9 Å². The van der Waals surface area contributed by atoms with Gasteiger partial charge in [-0.3, -0.25) is 9.59 Å². The number of hydrogen-bond donors (Lipinski definition) is 0. The maximum absolute atomic E-state index is 12.2. The van der Waals surface area contributed by atoms with Gasteiger partial charge in [0.2, 0.25) is 0 Å². The van der Waals surface area contributed by atoms with Crippen LogP contribution in [0.2, 0.25) is 0 Å². The van der Waals surface area contributed by atoms with Crippen LogP contribution in [0, 0.1) is 12.8 Å². The molecule has 1 amide bonds. The average Bonchev–Trinajstić information content (AvgIpc) is 2.66. The SMILES string of the molecule is COC(=O)CC1C(=O)N(c2cc(C)ccn2)N=C1C. The Bertz CT molecular complexity index is 554. The van der Waals surface area contributed by atoms with E-state index in [2.05, 4.69) is 14.8 Å². The number of aromatic nitrogens is 1. The zero-order valence-electron chi connectivity index (χ0n) is 11.1. The number of amides is 1. The fourth-order valence-electron chi connectivity index (χ4n) is 1.89. The molecule has 1 aromatic rings. The van der Waals surface area contributed by atoms with E-state index in [9.17, 15) is 9.59 Å². The van der Waals surface area contributed by atoms with E-state index >= 15 is 0 Å². The topological polar surface area (TPSA) is 71.9 Å². The Morgan fingerprint density at radius 1 is 1.47 bits per heavy atom. The van der Waals surface area contributed by atoms with E-state index in [-0.39, 0.29) is 12.3 Å². The molecule has 1 aliphatic heterocycles. The molecule has 1 atom stereocenters. The van der Waals surface area contributed by atoms with Gasteiger partial charge in [-0.2, -0.15) is 10.1 Å². The van der Waals surface area contributed by atoms with E-state index in [0.717, 1.165) is 5.56 Å². The van der Waals surface area contributed by atoms with Gasteiger partial charge in [-0.15, -0.1) is 0 Å². The first-order valence-electron chi connectivity index (χ1n) is 5.91. The Kier molecular flexibility index (Phi) is 3.59. The van der Waals surface area contributed by atoms with Crippen LogP contribution in [0.25, 0.3) is 0 Å². The minimum absolute atomic E-state index is 0.00693.